The third-order valence-corrected chi connectivity index (χ3v) is 5.68. The lowest BCUT2D eigenvalue weighted by Crippen LogP contribution is -2.46. The summed E-state index contributed by atoms with van der Waals surface area (Å²) >= 11 is 0. The summed E-state index contributed by atoms with van der Waals surface area (Å²) in [7, 11) is 0. The molecule has 0 spiro atoms. The predicted molar refractivity (Wildman–Crippen MR) is 99.1 cm³/mol. The van der Waals surface area contributed by atoms with Gasteiger partial charge in [-0.15, -0.1) is 0 Å². The lowest BCUT2D eigenvalue weighted by Gasteiger charge is -2.35. The number of hydrogen-bond donors (Lipinski definition) is 1. The Hall–Kier alpha value is -2.30. The predicted octanol–water partition coefficient (Wildman–Crippen LogP) is 3.40. The van der Waals surface area contributed by atoms with Crippen molar-refractivity contribution >= 4 is 11.6 Å². The van der Waals surface area contributed by atoms with E-state index in [4.69, 9.17) is 4.74 Å². The fraction of sp³-hybridized carbons (Fsp3) is 0.364. The highest BCUT2D eigenvalue weighted by atomic mass is 16.5. The number of aliphatic hydroxyl groups excluding tert-OH is 1. The lowest BCUT2D eigenvalue weighted by atomic mass is 9.65. The highest BCUT2D eigenvalue weighted by Gasteiger charge is 2.55. The zero-order chi connectivity index (χ0) is 18.7. The van der Waals surface area contributed by atoms with Gasteiger partial charge in [-0.2, -0.15) is 0 Å². The number of hydrogen-bond acceptors (Lipinski definition) is 4. The molecule has 4 atom stereocenters. The van der Waals surface area contributed by atoms with Gasteiger partial charge in [0.15, 0.2) is 11.6 Å². The largest absolute Gasteiger partial charge is 0.394 e. The number of aliphatic hydroxyl groups is 1. The van der Waals surface area contributed by atoms with Gasteiger partial charge in [0, 0.05) is 23.0 Å². The molecule has 1 N–H and O–H groups in total. The molecule has 4 nitrogen and oxygen atoms in total. The first kappa shape index (κ1) is 18.5. The second kappa shape index (κ2) is 7.52. The van der Waals surface area contributed by atoms with Crippen LogP contribution in [-0.4, -0.2) is 36.0 Å². The van der Waals surface area contributed by atoms with E-state index in [0.29, 0.717) is 11.1 Å². The molecule has 0 bridgehead atoms. The van der Waals surface area contributed by atoms with E-state index in [9.17, 15) is 14.7 Å². The van der Waals surface area contributed by atoms with E-state index in [1.165, 1.54) is 0 Å². The molecule has 2 aromatic carbocycles. The Balaban J connectivity index is 1.95. The lowest BCUT2D eigenvalue weighted by molar-refractivity contribution is 0.0110. The quantitative estimate of drug-likeness (QED) is 0.810. The van der Waals surface area contributed by atoms with Gasteiger partial charge in [0.1, 0.15) is 0 Å². The maximum Gasteiger partial charge on any atom is 0.171 e. The van der Waals surface area contributed by atoms with Crippen LogP contribution in [0, 0.1) is 17.3 Å². The summed E-state index contributed by atoms with van der Waals surface area (Å²) in [4.78, 5) is 26.3. The molecule has 2 aromatic rings. The van der Waals surface area contributed by atoms with E-state index >= 15 is 0 Å². The van der Waals surface area contributed by atoms with Crippen LogP contribution in [0.4, 0.5) is 0 Å². The molecular weight excluding hydrogens is 328 g/mol. The first-order valence-electron chi connectivity index (χ1n) is 8.91. The number of ether oxygens (including phenoxy) is 1. The molecular formula is C22H24O4. The molecule has 1 saturated heterocycles. The highest BCUT2D eigenvalue weighted by molar-refractivity contribution is 6.03. The molecule has 4 heteroatoms. The molecule has 1 aliphatic rings. The Bertz CT molecular complexity index is 771. The monoisotopic (exact) mass is 352 g/mol. The Kier molecular flexibility index (Phi) is 5.35. The van der Waals surface area contributed by atoms with Gasteiger partial charge in [-0.1, -0.05) is 67.6 Å². The first-order chi connectivity index (χ1) is 12.5. The van der Waals surface area contributed by atoms with Crippen molar-refractivity contribution in [3.8, 4) is 0 Å². The molecule has 1 heterocycles. The zero-order valence-corrected chi connectivity index (χ0v) is 15.1. The fourth-order valence-electron chi connectivity index (χ4n) is 3.97. The van der Waals surface area contributed by atoms with Crippen LogP contribution in [0.3, 0.4) is 0 Å². The summed E-state index contributed by atoms with van der Waals surface area (Å²) in [5.74, 6) is -0.802. The number of ketones is 2. The average Bonchev–Trinajstić information content (AvgIpc) is 3.04. The van der Waals surface area contributed by atoms with Gasteiger partial charge in [-0.05, 0) is 6.92 Å². The maximum absolute atomic E-state index is 13.3. The molecule has 0 radical (unpaired) electrons. The van der Waals surface area contributed by atoms with Crippen molar-refractivity contribution in [3.05, 3.63) is 71.8 Å². The van der Waals surface area contributed by atoms with Crippen molar-refractivity contribution in [3.63, 3.8) is 0 Å². The molecule has 26 heavy (non-hydrogen) atoms. The smallest absolute Gasteiger partial charge is 0.171 e. The van der Waals surface area contributed by atoms with Crippen LogP contribution in [-0.2, 0) is 4.74 Å². The molecule has 3 rings (SSSR count). The molecule has 0 aromatic heterocycles. The number of Topliss-reactive ketones (excluding diaryl/α,β-unsaturated/α-hetero) is 2. The molecule has 136 valence electrons. The molecule has 0 saturated carbocycles. The third kappa shape index (κ3) is 3.11. The topological polar surface area (TPSA) is 63.6 Å². The first-order valence-corrected chi connectivity index (χ1v) is 8.91. The molecule has 1 aliphatic heterocycles. The van der Waals surface area contributed by atoms with Crippen molar-refractivity contribution in [1.29, 1.82) is 0 Å². The van der Waals surface area contributed by atoms with Crippen molar-refractivity contribution < 1.29 is 19.4 Å². The number of benzene rings is 2. The van der Waals surface area contributed by atoms with Crippen LogP contribution in [0.2, 0.25) is 0 Å². The molecule has 0 aliphatic carbocycles. The normalized spacial score (nSPS) is 26.4. The number of rotatable bonds is 6. The van der Waals surface area contributed by atoms with E-state index in [2.05, 4.69) is 0 Å². The average molecular weight is 352 g/mol. The van der Waals surface area contributed by atoms with Crippen LogP contribution in [0.15, 0.2) is 60.7 Å². The van der Waals surface area contributed by atoms with Gasteiger partial charge in [-0.3, -0.25) is 9.59 Å². The second-order valence-electron chi connectivity index (χ2n) is 7.11. The Morgan fingerprint density at radius 3 is 2.15 bits per heavy atom. The van der Waals surface area contributed by atoms with Gasteiger partial charge in [0.05, 0.1) is 24.7 Å². The summed E-state index contributed by atoms with van der Waals surface area (Å²) in [5, 5.41) is 9.79. The van der Waals surface area contributed by atoms with Crippen LogP contribution >= 0.6 is 0 Å². The summed E-state index contributed by atoms with van der Waals surface area (Å²) in [5.41, 5.74) is 0.241. The minimum absolute atomic E-state index is 0.00937. The molecule has 1 unspecified atom stereocenters. The van der Waals surface area contributed by atoms with Gasteiger partial charge < -0.3 is 9.84 Å². The summed E-state index contributed by atoms with van der Waals surface area (Å²) in [6.45, 7) is 3.69. The third-order valence-electron chi connectivity index (χ3n) is 5.68. The SMILES string of the molecule is CC(C(=O)c1ccccc1)[C@@H]1CO[C@H](CO)[C@@]1(C)C(=O)c1ccccc1. The number of carbonyl (C=O) groups is 2. The van der Waals surface area contributed by atoms with Crippen molar-refractivity contribution in [2.45, 2.75) is 20.0 Å². The molecule has 1 fully saturated rings. The van der Waals surface area contributed by atoms with Gasteiger partial charge in [0.25, 0.3) is 0 Å². The van der Waals surface area contributed by atoms with E-state index in [-0.39, 0.29) is 30.7 Å². The van der Waals surface area contributed by atoms with E-state index in [1.807, 2.05) is 50.2 Å². The van der Waals surface area contributed by atoms with Gasteiger partial charge in [-0.25, -0.2) is 0 Å². The van der Waals surface area contributed by atoms with Crippen molar-refractivity contribution in [2.75, 3.05) is 13.2 Å². The van der Waals surface area contributed by atoms with Crippen LogP contribution in [0.25, 0.3) is 0 Å². The van der Waals surface area contributed by atoms with E-state index < -0.39 is 17.4 Å². The van der Waals surface area contributed by atoms with Gasteiger partial charge >= 0.3 is 0 Å². The van der Waals surface area contributed by atoms with Crippen molar-refractivity contribution in [2.24, 2.45) is 17.3 Å². The van der Waals surface area contributed by atoms with E-state index in [1.54, 1.807) is 24.3 Å². The highest BCUT2D eigenvalue weighted by Crippen LogP contribution is 2.46. The van der Waals surface area contributed by atoms with Gasteiger partial charge in [0.2, 0.25) is 0 Å². The minimum atomic E-state index is -0.958. The Morgan fingerprint density at radius 1 is 1.08 bits per heavy atom. The zero-order valence-electron chi connectivity index (χ0n) is 15.1. The Morgan fingerprint density at radius 2 is 1.62 bits per heavy atom. The maximum atomic E-state index is 13.3. The molecule has 0 amide bonds. The standard InChI is InChI=1S/C22H24O4/c1-15(20(24)16-9-5-3-6-10-16)18-14-26-19(13-23)22(18,2)21(25)17-11-7-4-8-12-17/h3-12,15,18-19,23H,13-14H2,1-2H3/t15?,18-,19+,22-/m0/s1. The summed E-state index contributed by atoms with van der Waals surface area (Å²) in [6, 6.07) is 18.1. The number of carbonyl (C=O) groups excluding carboxylic acids is 2. The minimum Gasteiger partial charge on any atom is -0.394 e. The summed E-state index contributed by atoms with van der Waals surface area (Å²) < 4.78 is 5.76. The second-order valence-corrected chi connectivity index (χ2v) is 7.11. The fourth-order valence-corrected chi connectivity index (χ4v) is 3.97. The van der Waals surface area contributed by atoms with Crippen LogP contribution in [0.1, 0.15) is 34.6 Å². The summed E-state index contributed by atoms with van der Waals surface area (Å²) in [6.07, 6.45) is -0.619. The van der Waals surface area contributed by atoms with Crippen LogP contribution < -0.4 is 0 Å². The van der Waals surface area contributed by atoms with Crippen molar-refractivity contribution in [1.82, 2.24) is 0 Å². The Labute approximate surface area is 153 Å². The van der Waals surface area contributed by atoms with E-state index in [0.717, 1.165) is 0 Å². The van der Waals surface area contributed by atoms with Crippen LogP contribution in [0.5, 0.6) is 0 Å².